The number of hydrogen-bond acceptors (Lipinski definition) is 5. The molecule has 22 heavy (non-hydrogen) atoms. The van der Waals surface area contributed by atoms with Crippen LogP contribution in [-0.4, -0.2) is 59.6 Å². The highest BCUT2D eigenvalue weighted by Gasteiger charge is 2.21. The van der Waals surface area contributed by atoms with E-state index in [-0.39, 0.29) is 5.91 Å². The van der Waals surface area contributed by atoms with Gasteiger partial charge < -0.3 is 14.7 Å². The Bertz CT molecular complexity index is 488. The van der Waals surface area contributed by atoms with Crippen LogP contribution in [0.1, 0.15) is 48.9 Å². The summed E-state index contributed by atoms with van der Waals surface area (Å²) in [4.78, 5) is 16.9. The molecule has 0 spiro atoms. The highest BCUT2D eigenvalue weighted by molar-refractivity contribution is 5.92. The molecular formula is C16H26N4O2. The Hall–Kier alpha value is -1.40. The highest BCUT2D eigenvalue weighted by Crippen LogP contribution is 2.18. The second-order valence-electron chi connectivity index (χ2n) is 6.34. The lowest BCUT2D eigenvalue weighted by atomic mass is 10.2. The third-order valence-electron chi connectivity index (χ3n) is 4.77. The summed E-state index contributed by atoms with van der Waals surface area (Å²) < 4.78 is 5.34. The maximum absolute atomic E-state index is 12.1. The number of hydrogen-bond donors (Lipinski definition) is 1. The first-order valence-corrected chi connectivity index (χ1v) is 8.45. The predicted molar refractivity (Wildman–Crippen MR) is 83.6 cm³/mol. The fourth-order valence-corrected chi connectivity index (χ4v) is 3.31. The number of rotatable bonds is 5. The van der Waals surface area contributed by atoms with Gasteiger partial charge in [-0.05, 0) is 19.4 Å². The molecular weight excluding hydrogens is 280 g/mol. The molecule has 1 saturated heterocycles. The van der Waals surface area contributed by atoms with Gasteiger partial charge >= 0.3 is 0 Å². The summed E-state index contributed by atoms with van der Waals surface area (Å²) in [5.41, 5.74) is 0.411. The van der Waals surface area contributed by atoms with Crippen LogP contribution in [0, 0.1) is 0 Å². The van der Waals surface area contributed by atoms with E-state index >= 15 is 0 Å². The van der Waals surface area contributed by atoms with Gasteiger partial charge in [0, 0.05) is 38.3 Å². The van der Waals surface area contributed by atoms with Crippen LogP contribution in [0.5, 0.6) is 0 Å². The van der Waals surface area contributed by atoms with E-state index in [0.717, 1.165) is 57.9 Å². The number of likely N-dealkylation sites (N-methyl/N-ethyl adjacent to an activating group) is 1. The molecule has 1 aliphatic carbocycles. The van der Waals surface area contributed by atoms with Gasteiger partial charge in [-0.2, -0.15) is 0 Å². The minimum absolute atomic E-state index is 0.0993. The molecule has 1 amide bonds. The lowest BCUT2D eigenvalue weighted by Crippen LogP contribution is -2.45. The molecule has 3 rings (SSSR count). The van der Waals surface area contributed by atoms with Crippen molar-refractivity contribution in [1.29, 1.82) is 0 Å². The molecule has 2 aliphatic rings. The normalized spacial score (nSPS) is 21.3. The van der Waals surface area contributed by atoms with Gasteiger partial charge in [-0.1, -0.05) is 24.9 Å². The van der Waals surface area contributed by atoms with Crippen LogP contribution in [0.3, 0.4) is 0 Å². The maximum atomic E-state index is 12.1. The molecule has 2 fully saturated rings. The zero-order chi connectivity index (χ0) is 15.4. The first-order chi connectivity index (χ1) is 10.7. The topological polar surface area (TPSA) is 61.6 Å². The third-order valence-corrected chi connectivity index (χ3v) is 4.77. The fourth-order valence-electron chi connectivity index (χ4n) is 3.31. The molecule has 0 bridgehead atoms. The van der Waals surface area contributed by atoms with Crippen LogP contribution in [0.15, 0.2) is 10.6 Å². The van der Waals surface area contributed by atoms with E-state index in [1.165, 1.54) is 12.8 Å². The Morgan fingerprint density at radius 3 is 2.64 bits per heavy atom. The van der Waals surface area contributed by atoms with Crippen molar-refractivity contribution in [2.75, 3.05) is 32.7 Å². The Morgan fingerprint density at radius 2 is 1.95 bits per heavy atom. The number of nitrogens with one attached hydrogen (secondary N) is 1. The summed E-state index contributed by atoms with van der Waals surface area (Å²) in [6, 6.07) is 2.10. The zero-order valence-corrected chi connectivity index (χ0v) is 13.4. The van der Waals surface area contributed by atoms with Crippen LogP contribution in [0.4, 0.5) is 0 Å². The second kappa shape index (κ2) is 7.24. The Kier molecular flexibility index (Phi) is 5.10. The molecule has 1 aromatic heterocycles. The second-order valence-corrected chi connectivity index (χ2v) is 6.34. The molecule has 1 aromatic rings. The minimum atomic E-state index is -0.0993. The van der Waals surface area contributed by atoms with Crippen molar-refractivity contribution < 1.29 is 9.32 Å². The number of amides is 1. The lowest BCUT2D eigenvalue weighted by Gasteiger charge is -2.33. The van der Waals surface area contributed by atoms with Crippen LogP contribution >= 0.6 is 0 Å². The smallest absolute Gasteiger partial charge is 0.273 e. The fraction of sp³-hybridized carbons (Fsp3) is 0.750. The number of nitrogens with zero attached hydrogens (tertiary/aromatic N) is 3. The third kappa shape index (κ3) is 3.87. The first kappa shape index (κ1) is 15.5. The average molecular weight is 306 g/mol. The molecule has 0 unspecified atom stereocenters. The van der Waals surface area contributed by atoms with E-state index in [1.54, 1.807) is 6.07 Å². The molecule has 1 aliphatic heterocycles. The van der Waals surface area contributed by atoms with Crippen LogP contribution in [-0.2, 0) is 6.54 Å². The van der Waals surface area contributed by atoms with Crippen molar-refractivity contribution in [3.63, 3.8) is 0 Å². The SMILES string of the molecule is CCN1CCN(Cc2cc(C(=O)NC3CCCC3)no2)CC1. The monoisotopic (exact) mass is 306 g/mol. The lowest BCUT2D eigenvalue weighted by molar-refractivity contribution is 0.0928. The summed E-state index contributed by atoms with van der Waals surface area (Å²) >= 11 is 0. The standard InChI is InChI=1S/C16H26N4O2/c1-2-19-7-9-20(10-8-19)12-14-11-15(18-22-14)16(21)17-13-5-3-4-6-13/h11,13H,2-10,12H2,1H3,(H,17,21). The largest absolute Gasteiger partial charge is 0.359 e. The van der Waals surface area contributed by atoms with Crippen LogP contribution < -0.4 is 5.32 Å². The van der Waals surface area contributed by atoms with Gasteiger partial charge in [0.2, 0.25) is 0 Å². The van der Waals surface area contributed by atoms with E-state index in [0.29, 0.717) is 11.7 Å². The van der Waals surface area contributed by atoms with Crippen molar-refractivity contribution in [2.45, 2.75) is 45.2 Å². The average Bonchev–Trinajstić information content (AvgIpc) is 3.20. The molecule has 0 atom stereocenters. The number of piperazine rings is 1. The summed E-state index contributed by atoms with van der Waals surface area (Å²) in [5.74, 6) is 0.680. The van der Waals surface area contributed by atoms with Crippen LogP contribution in [0.2, 0.25) is 0 Å². The minimum Gasteiger partial charge on any atom is -0.359 e. The Balaban J connectivity index is 1.49. The summed E-state index contributed by atoms with van der Waals surface area (Å²) in [5, 5.41) is 6.97. The van der Waals surface area contributed by atoms with Gasteiger partial charge in [0.15, 0.2) is 11.5 Å². The molecule has 1 N–H and O–H groups in total. The van der Waals surface area contributed by atoms with Crippen molar-refractivity contribution in [2.24, 2.45) is 0 Å². The van der Waals surface area contributed by atoms with Gasteiger partial charge in [0.1, 0.15) is 0 Å². The van der Waals surface area contributed by atoms with Crippen molar-refractivity contribution in [1.82, 2.24) is 20.3 Å². The molecule has 0 aromatic carbocycles. The summed E-state index contributed by atoms with van der Waals surface area (Å²) in [6.45, 7) is 8.32. The number of carbonyl (C=O) groups excluding carboxylic acids is 1. The molecule has 0 radical (unpaired) electrons. The van der Waals surface area contributed by atoms with Gasteiger partial charge in [-0.25, -0.2) is 0 Å². The van der Waals surface area contributed by atoms with Crippen molar-refractivity contribution in [3.8, 4) is 0 Å². The number of aromatic nitrogens is 1. The van der Waals surface area contributed by atoms with Crippen molar-refractivity contribution in [3.05, 3.63) is 17.5 Å². The van der Waals surface area contributed by atoms with Gasteiger partial charge in [-0.15, -0.1) is 0 Å². The molecule has 2 heterocycles. The van der Waals surface area contributed by atoms with E-state index in [1.807, 2.05) is 0 Å². The molecule has 6 heteroatoms. The molecule has 1 saturated carbocycles. The van der Waals surface area contributed by atoms with E-state index in [4.69, 9.17) is 4.52 Å². The quantitative estimate of drug-likeness (QED) is 0.893. The first-order valence-electron chi connectivity index (χ1n) is 8.45. The van der Waals surface area contributed by atoms with Crippen molar-refractivity contribution >= 4 is 5.91 Å². The summed E-state index contributed by atoms with van der Waals surface area (Å²) in [6.07, 6.45) is 4.58. The maximum Gasteiger partial charge on any atom is 0.273 e. The molecule has 6 nitrogen and oxygen atoms in total. The van der Waals surface area contributed by atoms with E-state index < -0.39 is 0 Å². The highest BCUT2D eigenvalue weighted by atomic mass is 16.5. The predicted octanol–water partition coefficient (Wildman–Crippen LogP) is 1.48. The van der Waals surface area contributed by atoms with Crippen LogP contribution in [0.25, 0.3) is 0 Å². The van der Waals surface area contributed by atoms with E-state index in [2.05, 4.69) is 27.2 Å². The van der Waals surface area contributed by atoms with Gasteiger partial charge in [0.05, 0.1) is 6.54 Å². The van der Waals surface area contributed by atoms with Gasteiger partial charge in [-0.3, -0.25) is 9.69 Å². The Labute approximate surface area is 131 Å². The van der Waals surface area contributed by atoms with E-state index in [9.17, 15) is 4.79 Å². The number of carbonyl (C=O) groups is 1. The molecule has 122 valence electrons. The summed E-state index contributed by atoms with van der Waals surface area (Å²) in [7, 11) is 0. The van der Waals surface area contributed by atoms with Gasteiger partial charge in [0.25, 0.3) is 5.91 Å². The Morgan fingerprint density at radius 1 is 1.27 bits per heavy atom. The zero-order valence-electron chi connectivity index (χ0n) is 13.4.